The third-order valence-corrected chi connectivity index (χ3v) is 6.12. The average molecular weight is 446 g/mol. The maximum Gasteiger partial charge on any atom is 0.322 e. The van der Waals surface area contributed by atoms with Crippen LogP contribution in [-0.2, 0) is 23.5 Å². The van der Waals surface area contributed by atoms with Gasteiger partial charge < -0.3 is 9.29 Å². The number of ether oxygens (including phenoxy) is 1. The van der Waals surface area contributed by atoms with Crippen molar-refractivity contribution in [3.8, 4) is 5.75 Å². The molecule has 2 aromatic carbocycles. The summed E-state index contributed by atoms with van der Waals surface area (Å²) in [5.41, 5.74) is 4.05. The SMILES string of the molecule is Cc1c(OCc2ccc(Cl)cc2)ccnc1C[S+]([O-])c1nc2cc(Cl)ccc2[nH]1. The second-order valence-electron chi connectivity index (χ2n) is 6.49. The summed E-state index contributed by atoms with van der Waals surface area (Å²) in [5, 5.41) is 1.67. The lowest BCUT2D eigenvalue weighted by atomic mass is 10.2. The summed E-state index contributed by atoms with van der Waals surface area (Å²) >= 11 is 10.5. The zero-order chi connectivity index (χ0) is 20.4. The topological polar surface area (TPSA) is 73.9 Å². The van der Waals surface area contributed by atoms with Crippen molar-refractivity contribution in [2.45, 2.75) is 24.4 Å². The van der Waals surface area contributed by atoms with E-state index in [1.54, 1.807) is 24.4 Å². The third kappa shape index (κ3) is 4.67. The molecule has 8 heteroatoms. The number of hydrogen-bond donors (Lipinski definition) is 1. The van der Waals surface area contributed by atoms with Crippen LogP contribution in [0.4, 0.5) is 0 Å². The van der Waals surface area contributed by atoms with Crippen LogP contribution in [0.25, 0.3) is 11.0 Å². The number of nitrogens with zero attached hydrogens (tertiary/aromatic N) is 2. The molecule has 0 amide bonds. The van der Waals surface area contributed by atoms with Crippen molar-refractivity contribution in [3.63, 3.8) is 0 Å². The maximum absolute atomic E-state index is 12.8. The van der Waals surface area contributed by atoms with Crippen LogP contribution in [0.3, 0.4) is 0 Å². The van der Waals surface area contributed by atoms with Crippen LogP contribution < -0.4 is 4.74 Å². The number of nitrogens with one attached hydrogen (secondary N) is 1. The molecule has 0 bridgehead atoms. The number of hydrogen-bond acceptors (Lipinski definition) is 4. The molecule has 0 radical (unpaired) electrons. The van der Waals surface area contributed by atoms with Crippen molar-refractivity contribution in [2.75, 3.05) is 0 Å². The quantitative estimate of drug-likeness (QED) is 0.399. The molecule has 4 rings (SSSR count). The summed E-state index contributed by atoms with van der Waals surface area (Å²) in [6.45, 7) is 2.32. The van der Waals surface area contributed by atoms with Gasteiger partial charge in [-0.05, 0) is 48.9 Å². The van der Waals surface area contributed by atoms with Crippen molar-refractivity contribution >= 4 is 45.4 Å². The Morgan fingerprint density at radius 3 is 2.62 bits per heavy atom. The third-order valence-electron chi connectivity index (χ3n) is 4.47. The van der Waals surface area contributed by atoms with Crippen LogP contribution >= 0.6 is 23.2 Å². The first-order chi connectivity index (χ1) is 14.0. The minimum atomic E-state index is -1.38. The molecule has 1 unspecified atom stereocenters. The standard InChI is InChI=1S/C21H17Cl2N3O2S/c1-13-19(12-29(27)21-25-17-7-6-16(23)10-18(17)26-21)24-9-8-20(13)28-11-14-2-4-15(22)5-3-14/h2-10H,11-12H2,1H3,(H,25,26). The Labute approximate surface area is 181 Å². The highest BCUT2D eigenvalue weighted by Crippen LogP contribution is 2.25. The second kappa shape index (κ2) is 8.63. The summed E-state index contributed by atoms with van der Waals surface area (Å²) in [6, 6.07) is 14.6. The number of fused-ring (bicyclic) bond motifs is 1. The van der Waals surface area contributed by atoms with Gasteiger partial charge in [-0.3, -0.25) is 9.97 Å². The Morgan fingerprint density at radius 1 is 1.07 bits per heavy atom. The van der Waals surface area contributed by atoms with Gasteiger partial charge in [0.25, 0.3) is 0 Å². The zero-order valence-corrected chi connectivity index (χ0v) is 17.8. The minimum Gasteiger partial charge on any atom is -0.609 e. The predicted molar refractivity (Wildman–Crippen MR) is 116 cm³/mol. The molecule has 4 aromatic rings. The molecular formula is C21H17Cl2N3O2S. The van der Waals surface area contributed by atoms with Gasteiger partial charge in [0.15, 0.2) is 5.75 Å². The molecule has 5 nitrogen and oxygen atoms in total. The fraction of sp³-hybridized carbons (Fsp3) is 0.143. The summed E-state index contributed by atoms with van der Waals surface area (Å²) < 4.78 is 18.8. The number of rotatable bonds is 6. The van der Waals surface area contributed by atoms with Crippen LogP contribution in [0.15, 0.2) is 59.9 Å². The second-order valence-corrected chi connectivity index (χ2v) is 8.73. The van der Waals surface area contributed by atoms with Crippen LogP contribution in [0, 0.1) is 6.92 Å². The molecule has 0 aliphatic carbocycles. The largest absolute Gasteiger partial charge is 0.609 e. The monoisotopic (exact) mass is 445 g/mol. The lowest BCUT2D eigenvalue weighted by Crippen LogP contribution is -2.10. The highest BCUT2D eigenvalue weighted by molar-refractivity contribution is 7.90. The van der Waals surface area contributed by atoms with Crippen molar-refractivity contribution in [3.05, 3.63) is 81.6 Å². The minimum absolute atomic E-state index is 0.234. The summed E-state index contributed by atoms with van der Waals surface area (Å²) in [7, 11) is 0. The van der Waals surface area contributed by atoms with Gasteiger partial charge in [-0.2, -0.15) is 4.98 Å². The van der Waals surface area contributed by atoms with Gasteiger partial charge in [0.05, 0.1) is 16.7 Å². The molecule has 2 aromatic heterocycles. The summed E-state index contributed by atoms with van der Waals surface area (Å²) in [5.74, 6) is 0.940. The number of pyridine rings is 1. The molecule has 1 N–H and O–H groups in total. The maximum atomic E-state index is 12.8. The Balaban J connectivity index is 1.49. The number of H-pyrrole nitrogens is 1. The molecule has 0 aliphatic rings. The highest BCUT2D eigenvalue weighted by Gasteiger charge is 2.20. The smallest absolute Gasteiger partial charge is 0.322 e. The molecule has 0 saturated heterocycles. The number of aromatic amines is 1. The predicted octanol–water partition coefficient (Wildman–Crippen LogP) is 5.46. The fourth-order valence-corrected chi connectivity index (χ4v) is 4.25. The molecule has 0 aliphatic heterocycles. The van der Waals surface area contributed by atoms with E-state index in [4.69, 9.17) is 27.9 Å². The Hall–Kier alpha value is -2.25. The van der Waals surface area contributed by atoms with Crippen LogP contribution in [0.1, 0.15) is 16.8 Å². The molecule has 2 heterocycles. The lowest BCUT2D eigenvalue weighted by Gasteiger charge is -2.13. The van der Waals surface area contributed by atoms with Crippen molar-refractivity contribution in [1.82, 2.24) is 15.0 Å². The van der Waals surface area contributed by atoms with Gasteiger partial charge in [0.2, 0.25) is 0 Å². The van der Waals surface area contributed by atoms with E-state index in [0.717, 1.165) is 16.6 Å². The molecule has 148 valence electrons. The number of halogens is 2. The molecule has 1 atom stereocenters. The van der Waals surface area contributed by atoms with E-state index < -0.39 is 11.2 Å². The number of imidazole rings is 1. The first-order valence-electron chi connectivity index (χ1n) is 8.85. The molecule has 0 spiro atoms. The van der Waals surface area contributed by atoms with Gasteiger partial charge >= 0.3 is 5.16 Å². The van der Waals surface area contributed by atoms with Crippen molar-refractivity contribution < 1.29 is 9.29 Å². The van der Waals surface area contributed by atoms with E-state index in [9.17, 15) is 4.55 Å². The first-order valence-corrected chi connectivity index (χ1v) is 10.9. The van der Waals surface area contributed by atoms with Gasteiger partial charge in [-0.15, -0.1) is 0 Å². The molecular weight excluding hydrogens is 429 g/mol. The average Bonchev–Trinajstić information content (AvgIpc) is 3.13. The fourth-order valence-electron chi connectivity index (χ4n) is 2.86. The van der Waals surface area contributed by atoms with Crippen LogP contribution in [0.5, 0.6) is 5.75 Å². The lowest BCUT2D eigenvalue weighted by molar-refractivity contribution is 0.303. The van der Waals surface area contributed by atoms with E-state index in [1.165, 1.54) is 0 Å². The summed E-state index contributed by atoms with van der Waals surface area (Å²) in [6.07, 6.45) is 1.66. The van der Waals surface area contributed by atoms with Gasteiger partial charge in [0, 0.05) is 33.0 Å². The van der Waals surface area contributed by atoms with Crippen LogP contribution in [-0.4, -0.2) is 19.5 Å². The van der Waals surface area contributed by atoms with Gasteiger partial charge in [-0.1, -0.05) is 35.3 Å². The normalized spacial score (nSPS) is 12.3. The molecule has 0 fully saturated rings. The number of aromatic nitrogens is 3. The Morgan fingerprint density at radius 2 is 1.83 bits per heavy atom. The number of benzene rings is 2. The van der Waals surface area contributed by atoms with E-state index in [-0.39, 0.29) is 5.75 Å². The van der Waals surface area contributed by atoms with E-state index in [2.05, 4.69) is 15.0 Å². The molecule has 0 saturated carbocycles. The van der Waals surface area contributed by atoms with Crippen LogP contribution in [0.2, 0.25) is 10.0 Å². The Bertz CT molecular complexity index is 1150. The van der Waals surface area contributed by atoms with E-state index in [1.807, 2.05) is 37.3 Å². The molecule has 29 heavy (non-hydrogen) atoms. The van der Waals surface area contributed by atoms with E-state index >= 15 is 0 Å². The highest BCUT2D eigenvalue weighted by atomic mass is 35.5. The Kier molecular flexibility index (Phi) is 5.96. The first kappa shape index (κ1) is 20.0. The van der Waals surface area contributed by atoms with Crippen molar-refractivity contribution in [2.24, 2.45) is 0 Å². The van der Waals surface area contributed by atoms with Gasteiger partial charge in [0.1, 0.15) is 12.4 Å². The van der Waals surface area contributed by atoms with Crippen molar-refractivity contribution in [1.29, 1.82) is 0 Å². The van der Waals surface area contributed by atoms with E-state index in [0.29, 0.717) is 38.8 Å². The zero-order valence-electron chi connectivity index (χ0n) is 15.5. The summed E-state index contributed by atoms with van der Waals surface area (Å²) in [4.78, 5) is 11.9. The van der Waals surface area contributed by atoms with Gasteiger partial charge in [-0.25, -0.2) is 0 Å².